The molecule has 4 heteroatoms. The van der Waals surface area contributed by atoms with Gasteiger partial charge in [-0.25, -0.2) is 9.97 Å². The highest BCUT2D eigenvalue weighted by Gasteiger charge is 2.23. The molecule has 0 aliphatic heterocycles. The molecule has 0 atom stereocenters. The van der Waals surface area contributed by atoms with Gasteiger partial charge in [0.15, 0.2) is 5.65 Å². The van der Waals surface area contributed by atoms with E-state index in [-0.39, 0.29) is 0 Å². The van der Waals surface area contributed by atoms with Crippen LogP contribution in [0.25, 0.3) is 99.1 Å². The first-order valence-electron chi connectivity index (χ1n) is 16.3. The van der Waals surface area contributed by atoms with E-state index in [0.717, 1.165) is 44.4 Å². The Bertz CT molecular complexity index is 3040. The van der Waals surface area contributed by atoms with Crippen LogP contribution in [0.1, 0.15) is 0 Å². The van der Waals surface area contributed by atoms with Gasteiger partial charge in [-0.05, 0) is 76.9 Å². The molecule has 222 valence electrons. The van der Waals surface area contributed by atoms with Crippen molar-refractivity contribution in [3.05, 3.63) is 158 Å². The van der Waals surface area contributed by atoms with Gasteiger partial charge in [-0.15, -0.1) is 0 Å². The van der Waals surface area contributed by atoms with Crippen molar-refractivity contribution in [1.29, 1.82) is 0 Å². The number of hydrogen-bond donors (Lipinski definition) is 0. The van der Waals surface area contributed by atoms with Gasteiger partial charge in [0.25, 0.3) is 0 Å². The second-order valence-corrected chi connectivity index (χ2v) is 12.6. The lowest BCUT2D eigenvalue weighted by Gasteiger charge is -2.10. The molecule has 0 bridgehead atoms. The Kier molecular flexibility index (Phi) is 5.08. The second kappa shape index (κ2) is 9.50. The Balaban J connectivity index is 1.28. The van der Waals surface area contributed by atoms with Crippen molar-refractivity contribution in [1.82, 2.24) is 18.9 Å². The Labute approximate surface area is 275 Å². The summed E-state index contributed by atoms with van der Waals surface area (Å²) < 4.78 is 4.72. The summed E-state index contributed by atoms with van der Waals surface area (Å²) in [6.07, 6.45) is 0. The van der Waals surface area contributed by atoms with Gasteiger partial charge in [0, 0.05) is 32.6 Å². The highest BCUT2D eigenvalue weighted by atomic mass is 15.0. The fraction of sp³-hybridized carbons (Fsp3) is 0. The Morgan fingerprint density at radius 3 is 1.96 bits per heavy atom. The Hall–Kier alpha value is -6.52. The van der Waals surface area contributed by atoms with E-state index in [1.165, 1.54) is 54.8 Å². The first kappa shape index (κ1) is 25.6. The van der Waals surface area contributed by atoms with E-state index < -0.39 is 0 Å². The van der Waals surface area contributed by atoms with Crippen molar-refractivity contribution in [2.24, 2.45) is 0 Å². The summed E-state index contributed by atoms with van der Waals surface area (Å²) in [6, 6.07) is 56.5. The van der Waals surface area contributed by atoms with Crippen LogP contribution in [-0.4, -0.2) is 18.9 Å². The number of fused-ring (bicyclic) bond motifs is 10. The Morgan fingerprint density at radius 2 is 1.10 bits per heavy atom. The monoisotopic (exact) mass is 610 g/mol. The molecule has 0 aliphatic rings. The second-order valence-electron chi connectivity index (χ2n) is 12.6. The van der Waals surface area contributed by atoms with Crippen LogP contribution >= 0.6 is 0 Å². The van der Waals surface area contributed by atoms with E-state index in [0.29, 0.717) is 0 Å². The standard InChI is InChI=1S/C44H26N4/c1-3-12-27(13-4-1)31-17-11-21-39-41(31)34-24-29(25-35-42-44(48(39)43(34)35)46-37-19-9-8-18-36(37)45-42)28-22-23-33-32-16-7-10-20-38(32)47(40(33)26-28)30-14-5-2-6-15-30/h1-26H. The molecule has 0 saturated carbocycles. The number of hydrogen-bond acceptors (Lipinski definition) is 2. The molecule has 0 N–H and O–H groups in total. The van der Waals surface area contributed by atoms with Gasteiger partial charge < -0.3 is 4.57 Å². The van der Waals surface area contributed by atoms with Crippen LogP contribution in [0.3, 0.4) is 0 Å². The minimum atomic E-state index is 0.894. The molecule has 48 heavy (non-hydrogen) atoms. The van der Waals surface area contributed by atoms with Crippen molar-refractivity contribution in [3.8, 4) is 27.9 Å². The SMILES string of the molecule is c1ccc(-c2cccc3c2c2cc(-c4ccc5c6ccccc6n(-c6ccccc6)c5c4)cc4c5nc6ccccc6nc5n3c42)cc1. The van der Waals surface area contributed by atoms with E-state index >= 15 is 0 Å². The van der Waals surface area contributed by atoms with Crippen LogP contribution in [0.4, 0.5) is 0 Å². The van der Waals surface area contributed by atoms with Crippen LogP contribution in [-0.2, 0) is 0 Å². The van der Waals surface area contributed by atoms with Crippen LogP contribution in [0.2, 0.25) is 0 Å². The molecule has 0 radical (unpaired) electrons. The summed E-state index contributed by atoms with van der Waals surface area (Å²) in [7, 11) is 0. The normalized spacial score (nSPS) is 12.2. The maximum Gasteiger partial charge on any atom is 0.165 e. The van der Waals surface area contributed by atoms with Crippen molar-refractivity contribution < 1.29 is 0 Å². The van der Waals surface area contributed by atoms with E-state index in [4.69, 9.17) is 9.97 Å². The van der Waals surface area contributed by atoms with E-state index in [9.17, 15) is 0 Å². The highest BCUT2D eigenvalue weighted by Crippen LogP contribution is 2.45. The number of para-hydroxylation sites is 4. The van der Waals surface area contributed by atoms with Gasteiger partial charge in [0.1, 0.15) is 5.52 Å². The predicted octanol–water partition coefficient (Wildman–Crippen LogP) is 11.2. The zero-order chi connectivity index (χ0) is 31.3. The van der Waals surface area contributed by atoms with Gasteiger partial charge >= 0.3 is 0 Å². The minimum absolute atomic E-state index is 0.894. The quantitative estimate of drug-likeness (QED) is 0.199. The molecule has 0 saturated heterocycles. The average molecular weight is 611 g/mol. The molecule has 0 aliphatic carbocycles. The van der Waals surface area contributed by atoms with Crippen molar-refractivity contribution in [2.75, 3.05) is 0 Å². The average Bonchev–Trinajstić information content (AvgIpc) is 3.78. The smallest absolute Gasteiger partial charge is 0.165 e. The first-order valence-corrected chi connectivity index (χ1v) is 16.3. The van der Waals surface area contributed by atoms with E-state index in [1.54, 1.807) is 0 Å². The molecule has 11 aromatic rings. The number of nitrogens with zero attached hydrogens (tertiary/aromatic N) is 4. The fourth-order valence-corrected chi connectivity index (χ4v) is 7.95. The Morgan fingerprint density at radius 1 is 0.417 bits per heavy atom. The van der Waals surface area contributed by atoms with Crippen molar-refractivity contribution in [2.45, 2.75) is 0 Å². The van der Waals surface area contributed by atoms with Crippen LogP contribution in [0.5, 0.6) is 0 Å². The summed E-state index contributed by atoms with van der Waals surface area (Å²) in [4.78, 5) is 10.5. The van der Waals surface area contributed by atoms with Crippen molar-refractivity contribution in [3.63, 3.8) is 0 Å². The van der Waals surface area contributed by atoms with Gasteiger partial charge in [0.05, 0.1) is 33.1 Å². The molecular formula is C44H26N4. The maximum absolute atomic E-state index is 5.24. The maximum atomic E-state index is 5.24. The molecule has 4 nitrogen and oxygen atoms in total. The summed E-state index contributed by atoms with van der Waals surface area (Å²) >= 11 is 0. The summed E-state index contributed by atoms with van der Waals surface area (Å²) in [5, 5.41) is 6.07. The van der Waals surface area contributed by atoms with Crippen LogP contribution in [0, 0.1) is 0 Å². The lowest BCUT2D eigenvalue weighted by atomic mass is 9.96. The molecule has 11 rings (SSSR count). The number of benzene rings is 7. The minimum Gasteiger partial charge on any atom is -0.309 e. The first-order chi connectivity index (χ1) is 23.8. The van der Waals surface area contributed by atoms with E-state index in [2.05, 4.69) is 155 Å². The van der Waals surface area contributed by atoms with Crippen molar-refractivity contribution >= 4 is 71.2 Å². The third-order valence-corrected chi connectivity index (χ3v) is 10.0. The zero-order valence-electron chi connectivity index (χ0n) is 25.8. The summed E-state index contributed by atoms with van der Waals surface area (Å²) in [5.74, 6) is 0. The third kappa shape index (κ3) is 3.43. The molecule has 7 aromatic carbocycles. The van der Waals surface area contributed by atoms with Gasteiger partial charge in [-0.1, -0.05) is 103 Å². The van der Waals surface area contributed by atoms with E-state index in [1.807, 2.05) is 12.1 Å². The van der Waals surface area contributed by atoms with Gasteiger partial charge in [-0.3, -0.25) is 4.40 Å². The lowest BCUT2D eigenvalue weighted by Crippen LogP contribution is -1.93. The third-order valence-electron chi connectivity index (χ3n) is 10.0. The molecule has 0 fully saturated rings. The molecular weight excluding hydrogens is 585 g/mol. The summed E-state index contributed by atoms with van der Waals surface area (Å²) in [6.45, 7) is 0. The largest absolute Gasteiger partial charge is 0.309 e. The number of rotatable bonds is 3. The number of aromatic nitrogens is 4. The predicted molar refractivity (Wildman–Crippen MR) is 199 cm³/mol. The molecule has 0 unspecified atom stereocenters. The zero-order valence-corrected chi connectivity index (χ0v) is 25.8. The summed E-state index contributed by atoms with van der Waals surface area (Å²) in [5.41, 5.74) is 14.2. The highest BCUT2D eigenvalue weighted by molar-refractivity contribution is 6.26. The van der Waals surface area contributed by atoms with Gasteiger partial charge in [-0.2, -0.15) is 0 Å². The fourth-order valence-electron chi connectivity index (χ4n) is 7.95. The molecule has 4 aromatic heterocycles. The molecule has 0 spiro atoms. The van der Waals surface area contributed by atoms with Gasteiger partial charge in [0.2, 0.25) is 0 Å². The topological polar surface area (TPSA) is 35.1 Å². The van der Waals surface area contributed by atoms with Crippen LogP contribution in [0.15, 0.2) is 158 Å². The van der Waals surface area contributed by atoms with Crippen LogP contribution < -0.4 is 0 Å². The molecule has 0 amide bonds. The molecule has 4 heterocycles. The lowest BCUT2D eigenvalue weighted by molar-refractivity contribution is 1.18.